The zero-order valence-electron chi connectivity index (χ0n) is 26.9. The SMILES string of the molecule is CC(C)C[C@H](NC(=O)CNC(=O)[C@@H](N)[C@@H](C)O)C(=O)N[C@@H](CCC(=O)O)C(=O)NCC(=O)N[C@@H](CC(=O)O)C(=O)N1CCC[C@H]1C(=O)O. The summed E-state index contributed by atoms with van der Waals surface area (Å²) >= 11 is 0. The topological polar surface area (TPSA) is 324 Å². The van der Waals surface area contributed by atoms with E-state index in [4.69, 9.17) is 10.8 Å². The Hall–Kier alpha value is -4.85. The summed E-state index contributed by atoms with van der Waals surface area (Å²) in [6.07, 6.45) is -2.53. The highest BCUT2D eigenvalue weighted by molar-refractivity contribution is 5.96. The van der Waals surface area contributed by atoms with Gasteiger partial charge in [-0.3, -0.25) is 38.4 Å². The van der Waals surface area contributed by atoms with Crippen molar-refractivity contribution in [1.29, 1.82) is 0 Å². The minimum Gasteiger partial charge on any atom is -0.481 e. The highest BCUT2D eigenvalue weighted by Gasteiger charge is 2.38. The quantitative estimate of drug-likeness (QED) is 0.0581. The third kappa shape index (κ3) is 14.3. The molecule has 0 aromatic heterocycles. The molecule has 20 nitrogen and oxygen atoms in total. The number of rotatable bonds is 20. The second-order valence-corrected chi connectivity index (χ2v) is 11.7. The van der Waals surface area contributed by atoms with E-state index in [1.807, 2.05) is 0 Å². The molecule has 0 aromatic rings. The van der Waals surface area contributed by atoms with Crippen LogP contribution in [0.25, 0.3) is 0 Å². The average Bonchev–Trinajstić information content (AvgIpc) is 3.49. The molecule has 270 valence electrons. The fraction of sp³-hybridized carbons (Fsp3) is 0.679. The van der Waals surface area contributed by atoms with Crippen LogP contribution >= 0.6 is 0 Å². The number of carbonyl (C=O) groups excluding carboxylic acids is 6. The minimum absolute atomic E-state index is 0.0352. The van der Waals surface area contributed by atoms with Crippen molar-refractivity contribution in [2.75, 3.05) is 19.6 Å². The van der Waals surface area contributed by atoms with Gasteiger partial charge in [-0.15, -0.1) is 0 Å². The number of nitrogens with two attached hydrogens (primary N) is 1. The summed E-state index contributed by atoms with van der Waals surface area (Å²) in [6.45, 7) is 3.35. The van der Waals surface area contributed by atoms with Crippen molar-refractivity contribution < 1.29 is 63.6 Å². The van der Waals surface area contributed by atoms with E-state index >= 15 is 0 Å². The van der Waals surface area contributed by atoms with E-state index < -0.39 is 122 Å². The second kappa shape index (κ2) is 19.7. The van der Waals surface area contributed by atoms with E-state index in [0.717, 1.165) is 4.90 Å². The monoisotopic (exact) mass is 687 g/mol. The predicted octanol–water partition coefficient (Wildman–Crippen LogP) is -4.16. The van der Waals surface area contributed by atoms with Crippen LogP contribution in [0, 0.1) is 5.92 Å². The Kier molecular flexibility index (Phi) is 16.9. The Labute approximate surface area is 275 Å². The van der Waals surface area contributed by atoms with Crippen LogP contribution in [0.15, 0.2) is 0 Å². The molecule has 0 radical (unpaired) electrons. The van der Waals surface area contributed by atoms with Crippen LogP contribution in [0.2, 0.25) is 0 Å². The number of amides is 6. The zero-order valence-corrected chi connectivity index (χ0v) is 26.9. The van der Waals surface area contributed by atoms with Gasteiger partial charge in [-0.1, -0.05) is 13.8 Å². The van der Waals surface area contributed by atoms with E-state index in [2.05, 4.69) is 26.6 Å². The minimum atomic E-state index is -1.65. The van der Waals surface area contributed by atoms with Crippen molar-refractivity contribution in [3.8, 4) is 0 Å². The fourth-order valence-electron chi connectivity index (χ4n) is 4.66. The first kappa shape index (κ1) is 41.2. The van der Waals surface area contributed by atoms with Crippen molar-refractivity contribution in [2.24, 2.45) is 11.7 Å². The van der Waals surface area contributed by atoms with Gasteiger partial charge in [0.2, 0.25) is 35.4 Å². The fourth-order valence-corrected chi connectivity index (χ4v) is 4.66. The van der Waals surface area contributed by atoms with E-state index in [0.29, 0.717) is 6.42 Å². The zero-order chi connectivity index (χ0) is 36.7. The van der Waals surface area contributed by atoms with Crippen molar-refractivity contribution >= 4 is 53.4 Å². The summed E-state index contributed by atoms with van der Waals surface area (Å²) < 4.78 is 0. The molecule has 0 aromatic carbocycles. The maximum Gasteiger partial charge on any atom is 0.326 e. The number of hydrogen-bond acceptors (Lipinski definition) is 11. The van der Waals surface area contributed by atoms with Crippen LogP contribution in [0.4, 0.5) is 0 Å². The lowest BCUT2D eigenvalue weighted by atomic mass is 10.0. The number of aliphatic hydroxyl groups is 1. The van der Waals surface area contributed by atoms with Crippen LogP contribution in [0.3, 0.4) is 0 Å². The summed E-state index contributed by atoms with van der Waals surface area (Å²) in [7, 11) is 0. The van der Waals surface area contributed by atoms with Gasteiger partial charge in [0.05, 0.1) is 25.6 Å². The molecule has 1 saturated heterocycles. The number of carbonyl (C=O) groups is 9. The molecule has 20 heteroatoms. The van der Waals surface area contributed by atoms with Gasteiger partial charge >= 0.3 is 17.9 Å². The lowest BCUT2D eigenvalue weighted by Gasteiger charge is -2.27. The molecule has 1 rings (SSSR count). The highest BCUT2D eigenvalue weighted by atomic mass is 16.4. The number of hydrogen-bond donors (Lipinski definition) is 10. The first-order valence-corrected chi connectivity index (χ1v) is 15.2. The lowest BCUT2D eigenvalue weighted by Crippen LogP contribution is -2.57. The highest BCUT2D eigenvalue weighted by Crippen LogP contribution is 2.19. The first-order chi connectivity index (χ1) is 22.3. The number of likely N-dealkylation sites (tertiary alicyclic amines) is 1. The van der Waals surface area contributed by atoms with Crippen LogP contribution in [0.1, 0.15) is 59.3 Å². The van der Waals surface area contributed by atoms with E-state index in [1.165, 1.54) is 6.92 Å². The average molecular weight is 688 g/mol. The molecule has 1 fully saturated rings. The number of aliphatic hydroxyl groups excluding tert-OH is 1. The molecular weight excluding hydrogens is 642 g/mol. The molecular formula is C28H45N7O13. The molecule has 1 aliphatic rings. The summed E-state index contributed by atoms with van der Waals surface area (Å²) in [4.78, 5) is 111. The standard InChI is InChI=1S/C28H45N7O13/c1-13(2)9-16(32-19(37)12-31-26(45)23(29)14(3)36)25(44)34-15(6-7-21(39)40)24(43)30-11-20(38)33-17(10-22(41)42)27(46)35-8-4-5-18(35)28(47)48/h13-18,23,36H,4-12,29H2,1-3H3,(H,30,43)(H,31,45)(H,32,37)(H,33,38)(H,34,44)(H,39,40)(H,41,42)(H,47,48)/t14-,15+,16+,17+,18+,23+/m1/s1. The van der Waals surface area contributed by atoms with Crippen molar-refractivity contribution in [3.63, 3.8) is 0 Å². The molecule has 6 amide bonds. The van der Waals surface area contributed by atoms with Gasteiger partial charge in [-0.2, -0.15) is 0 Å². The molecule has 0 unspecified atom stereocenters. The predicted molar refractivity (Wildman–Crippen MR) is 162 cm³/mol. The van der Waals surface area contributed by atoms with Crippen molar-refractivity contribution in [3.05, 3.63) is 0 Å². The summed E-state index contributed by atoms with van der Waals surface area (Å²) in [6, 6.07) is -6.91. The van der Waals surface area contributed by atoms with E-state index in [1.54, 1.807) is 13.8 Å². The third-order valence-electron chi connectivity index (χ3n) is 7.14. The van der Waals surface area contributed by atoms with Crippen LogP contribution in [-0.4, -0.2) is 135 Å². The van der Waals surface area contributed by atoms with Gasteiger partial charge in [0.1, 0.15) is 30.2 Å². The molecule has 1 heterocycles. The molecule has 0 saturated carbocycles. The van der Waals surface area contributed by atoms with Gasteiger partial charge in [0.15, 0.2) is 0 Å². The second-order valence-electron chi connectivity index (χ2n) is 11.7. The van der Waals surface area contributed by atoms with E-state index in [-0.39, 0.29) is 25.3 Å². The summed E-state index contributed by atoms with van der Waals surface area (Å²) in [5.41, 5.74) is 5.51. The molecule has 0 spiro atoms. The van der Waals surface area contributed by atoms with Gasteiger partial charge in [0, 0.05) is 13.0 Å². The first-order valence-electron chi connectivity index (χ1n) is 15.2. The molecule has 1 aliphatic heterocycles. The number of carboxylic acids is 3. The van der Waals surface area contributed by atoms with Crippen LogP contribution < -0.4 is 32.3 Å². The smallest absolute Gasteiger partial charge is 0.326 e. The number of carboxylic acid groups (broad SMARTS) is 3. The van der Waals surface area contributed by atoms with Gasteiger partial charge in [0.25, 0.3) is 0 Å². The van der Waals surface area contributed by atoms with Crippen LogP contribution in [0.5, 0.6) is 0 Å². The number of nitrogens with one attached hydrogen (secondary N) is 5. The van der Waals surface area contributed by atoms with Crippen molar-refractivity contribution in [2.45, 2.75) is 95.6 Å². The van der Waals surface area contributed by atoms with Gasteiger partial charge in [-0.25, -0.2) is 4.79 Å². The molecule has 6 atom stereocenters. The summed E-state index contributed by atoms with van der Waals surface area (Å²) in [5, 5.41) is 48.5. The van der Waals surface area contributed by atoms with Gasteiger partial charge < -0.3 is 57.6 Å². The maximum absolute atomic E-state index is 13.2. The number of aliphatic carboxylic acids is 3. The van der Waals surface area contributed by atoms with Gasteiger partial charge in [-0.05, 0) is 38.5 Å². The van der Waals surface area contributed by atoms with Crippen LogP contribution in [-0.2, 0) is 43.2 Å². The normalized spacial score (nSPS) is 17.2. The number of nitrogens with zero attached hydrogens (tertiary/aromatic N) is 1. The Morgan fingerprint density at radius 3 is 1.83 bits per heavy atom. The Morgan fingerprint density at radius 1 is 0.771 bits per heavy atom. The maximum atomic E-state index is 13.2. The molecule has 0 bridgehead atoms. The van der Waals surface area contributed by atoms with E-state index in [9.17, 15) is 58.5 Å². The Morgan fingerprint density at radius 2 is 1.33 bits per heavy atom. The Bertz CT molecular complexity index is 1230. The molecule has 48 heavy (non-hydrogen) atoms. The molecule has 11 N–H and O–H groups in total. The van der Waals surface area contributed by atoms with Crippen molar-refractivity contribution in [1.82, 2.24) is 31.5 Å². The molecule has 0 aliphatic carbocycles. The third-order valence-corrected chi connectivity index (χ3v) is 7.14. The Balaban J connectivity index is 2.95. The summed E-state index contributed by atoms with van der Waals surface area (Å²) in [5.74, 6) is -9.72. The largest absolute Gasteiger partial charge is 0.481 e. The lowest BCUT2D eigenvalue weighted by molar-refractivity contribution is -0.150.